The minimum atomic E-state index is -0.824. The number of nitrogens with zero attached hydrogens (tertiary/aromatic N) is 1. The number of phenolic OH excluding ortho intramolecular Hbond substituents is 4. The van der Waals surface area contributed by atoms with E-state index in [1.54, 1.807) is 6.92 Å². The fraction of sp³-hybridized carbons (Fsp3) is 0.286. The highest BCUT2D eigenvalue weighted by molar-refractivity contribution is 6.01. The molecule has 1 aliphatic heterocycles. The Labute approximate surface area is 177 Å². The fourth-order valence-corrected chi connectivity index (χ4v) is 3.03. The van der Waals surface area contributed by atoms with Crippen molar-refractivity contribution in [1.29, 1.82) is 0 Å². The molecular weight excluding hydrogens is 406 g/mol. The molecule has 31 heavy (non-hydrogen) atoms. The van der Waals surface area contributed by atoms with Crippen molar-refractivity contribution in [2.24, 2.45) is 4.99 Å². The first kappa shape index (κ1) is 21.8. The van der Waals surface area contributed by atoms with Crippen LogP contribution < -0.4 is 10.6 Å². The number of phenols is 4. The molecule has 0 radical (unpaired) electrons. The van der Waals surface area contributed by atoms with Crippen LogP contribution in [0, 0.1) is 0 Å². The third-order valence-electron chi connectivity index (χ3n) is 4.71. The van der Waals surface area contributed by atoms with Crippen LogP contribution in [0.3, 0.4) is 0 Å². The lowest BCUT2D eigenvalue weighted by Crippen LogP contribution is -2.39. The molecule has 0 aliphatic carbocycles. The second-order valence-electron chi connectivity index (χ2n) is 6.95. The maximum Gasteiger partial charge on any atom is 0.255 e. The molecule has 0 aromatic heterocycles. The standard InChI is InChI=1S/C21H23N3O7/c1-11-16(24-21(31-11)13-6-3-8-15(26)18(13)28)20(30)23-10-4-9-22-19(29)12-5-2-7-14(25)17(12)27/h2-3,5-8,11,16,25-28H,4,9-10H2,1H3,(H,22,29)(H,23,30). The molecular formula is C21H23N3O7. The van der Waals surface area contributed by atoms with Gasteiger partial charge in [0.1, 0.15) is 6.10 Å². The van der Waals surface area contributed by atoms with Gasteiger partial charge in [-0.1, -0.05) is 12.1 Å². The van der Waals surface area contributed by atoms with Gasteiger partial charge in [-0.05, 0) is 37.6 Å². The van der Waals surface area contributed by atoms with Gasteiger partial charge in [-0.2, -0.15) is 0 Å². The van der Waals surface area contributed by atoms with Crippen LogP contribution in [-0.2, 0) is 9.53 Å². The molecule has 2 amide bonds. The summed E-state index contributed by atoms with van der Waals surface area (Å²) in [6, 6.07) is 7.64. The topological polar surface area (TPSA) is 161 Å². The Kier molecular flexibility index (Phi) is 6.49. The Hall–Kier alpha value is -3.95. The van der Waals surface area contributed by atoms with Crippen molar-refractivity contribution in [3.63, 3.8) is 0 Å². The summed E-state index contributed by atoms with van der Waals surface area (Å²) < 4.78 is 5.56. The molecule has 164 valence electrons. The third kappa shape index (κ3) is 4.80. The van der Waals surface area contributed by atoms with Gasteiger partial charge in [0.2, 0.25) is 11.8 Å². The van der Waals surface area contributed by atoms with Crippen molar-refractivity contribution in [1.82, 2.24) is 10.6 Å². The minimum absolute atomic E-state index is 0.0435. The zero-order valence-electron chi connectivity index (χ0n) is 16.7. The van der Waals surface area contributed by atoms with Gasteiger partial charge in [-0.15, -0.1) is 0 Å². The smallest absolute Gasteiger partial charge is 0.255 e. The van der Waals surface area contributed by atoms with E-state index in [-0.39, 0.29) is 53.3 Å². The van der Waals surface area contributed by atoms with Crippen molar-refractivity contribution >= 4 is 17.7 Å². The van der Waals surface area contributed by atoms with E-state index in [0.29, 0.717) is 6.42 Å². The predicted octanol–water partition coefficient (Wildman–Crippen LogP) is 0.979. The van der Waals surface area contributed by atoms with E-state index in [2.05, 4.69) is 15.6 Å². The van der Waals surface area contributed by atoms with E-state index in [1.165, 1.54) is 36.4 Å². The summed E-state index contributed by atoms with van der Waals surface area (Å²) in [5, 5.41) is 44.0. The van der Waals surface area contributed by atoms with E-state index in [1.807, 2.05) is 0 Å². The van der Waals surface area contributed by atoms with Crippen LogP contribution in [0.4, 0.5) is 0 Å². The lowest BCUT2D eigenvalue weighted by atomic mass is 10.1. The monoisotopic (exact) mass is 429 g/mol. The SMILES string of the molecule is CC1OC(c2cccc(O)c2O)=NC1C(=O)NCCCNC(=O)c1cccc(O)c1O. The molecule has 3 rings (SSSR count). The summed E-state index contributed by atoms with van der Waals surface area (Å²) in [5.41, 5.74) is 0.151. The van der Waals surface area contributed by atoms with Crippen LogP contribution in [0.15, 0.2) is 41.4 Å². The largest absolute Gasteiger partial charge is 0.504 e. The highest BCUT2D eigenvalue weighted by Crippen LogP contribution is 2.31. The van der Waals surface area contributed by atoms with E-state index in [9.17, 15) is 30.0 Å². The van der Waals surface area contributed by atoms with Crippen LogP contribution in [0.25, 0.3) is 0 Å². The number of hydrogen-bond donors (Lipinski definition) is 6. The van der Waals surface area contributed by atoms with Crippen molar-refractivity contribution in [2.75, 3.05) is 13.1 Å². The Balaban J connectivity index is 1.48. The van der Waals surface area contributed by atoms with Crippen LogP contribution >= 0.6 is 0 Å². The van der Waals surface area contributed by atoms with Gasteiger partial charge in [-0.25, -0.2) is 4.99 Å². The highest BCUT2D eigenvalue weighted by atomic mass is 16.5. The molecule has 0 saturated heterocycles. The van der Waals surface area contributed by atoms with Crippen molar-refractivity contribution in [3.05, 3.63) is 47.5 Å². The molecule has 1 heterocycles. The lowest BCUT2D eigenvalue weighted by molar-refractivity contribution is -0.123. The summed E-state index contributed by atoms with van der Waals surface area (Å²) >= 11 is 0. The van der Waals surface area contributed by atoms with Crippen LogP contribution in [0.2, 0.25) is 0 Å². The van der Waals surface area contributed by atoms with E-state index in [4.69, 9.17) is 4.74 Å². The number of carbonyl (C=O) groups is 2. The molecule has 1 aliphatic rings. The second kappa shape index (κ2) is 9.24. The molecule has 0 fully saturated rings. The van der Waals surface area contributed by atoms with Crippen molar-refractivity contribution < 1.29 is 34.8 Å². The molecule has 0 bridgehead atoms. The maximum absolute atomic E-state index is 12.4. The summed E-state index contributed by atoms with van der Waals surface area (Å²) in [5.74, 6) is -2.41. The number of hydrogen-bond acceptors (Lipinski definition) is 8. The minimum Gasteiger partial charge on any atom is -0.504 e. The second-order valence-corrected chi connectivity index (χ2v) is 6.95. The van der Waals surface area contributed by atoms with Crippen molar-refractivity contribution in [3.8, 4) is 23.0 Å². The summed E-state index contributed by atoms with van der Waals surface area (Å²) in [6.45, 7) is 2.16. The van der Waals surface area contributed by atoms with Crippen LogP contribution in [-0.4, -0.2) is 63.4 Å². The quantitative estimate of drug-likeness (QED) is 0.282. The van der Waals surface area contributed by atoms with Crippen LogP contribution in [0.1, 0.15) is 29.3 Å². The average Bonchev–Trinajstić information content (AvgIpc) is 3.13. The molecule has 2 unspecified atom stereocenters. The fourth-order valence-electron chi connectivity index (χ4n) is 3.03. The number of rotatable bonds is 7. The maximum atomic E-state index is 12.4. The first-order valence-corrected chi connectivity index (χ1v) is 9.62. The highest BCUT2D eigenvalue weighted by Gasteiger charge is 2.34. The number of aliphatic imine (C=N–C) groups is 1. The Morgan fingerprint density at radius 1 is 0.968 bits per heavy atom. The third-order valence-corrected chi connectivity index (χ3v) is 4.71. The molecule has 2 aromatic carbocycles. The molecule has 10 heteroatoms. The summed E-state index contributed by atoms with van der Waals surface area (Å²) in [4.78, 5) is 28.7. The van der Waals surface area contributed by atoms with Gasteiger partial charge in [0, 0.05) is 13.1 Å². The Bertz CT molecular complexity index is 1020. The molecule has 10 nitrogen and oxygen atoms in total. The summed E-state index contributed by atoms with van der Waals surface area (Å²) in [6.07, 6.45) is -0.145. The number of aromatic hydroxyl groups is 4. The average molecular weight is 429 g/mol. The van der Waals surface area contributed by atoms with Gasteiger partial charge in [0.05, 0.1) is 11.1 Å². The Morgan fingerprint density at radius 2 is 1.61 bits per heavy atom. The van der Waals surface area contributed by atoms with Crippen LogP contribution in [0.5, 0.6) is 23.0 Å². The summed E-state index contributed by atoms with van der Waals surface area (Å²) in [7, 11) is 0. The van der Waals surface area contributed by atoms with Gasteiger partial charge >= 0.3 is 0 Å². The van der Waals surface area contributed by atoms with E-state index < -0.39 is 23.8 Å². The number of amides is 2. The van der Waals surface area contributed by atoms with Crippen molar-refractivity contribution in [2.45, 2.75) is 25.5 Å². The molecule has 0 spiro atoms. The number of ether oxygens (including phenoxy) is 1. The van der Waals surface area contributed by atoms with E-state index in [0.717, 1.165) is 0 Å². The van der Waals surface area contributed by atoms with Gasteiger partial charge in [0.25, 0.3) is 5.91 Å². The zero-order valence-corrected chi connectivity index (χ0v) is 16.7. The zero-order chi connectivity index (χ0) is 22.5. The predicted molar refractivity (Wildman–Crippen MR) is 110 cm³/mol. The number of benzene rings is 2. The van der Waals surface area contributed by atoms with Gasteiger partial charge < -0.3 is 35.8 Å². The number of para-hydroxylation sites is 2. The van der Waals surface area contributed by atoms with E-state index >= 15 is 0 Å². The number of nitrogens with one attached hydrogen (secondary N) is 2. The Morgan fingerprint density at radius 3 is 2.35 bits per heavy atom. The first-order valence-electron chi connectivity index (χ1n) is 9.62. The van der Waals surface area contributed by atoms with Gasteiger partial charge in [0.15, 0.2) is 29.0 Å². The normalized spacial score (nSPS) is 17.5. The molecule has 0 saturated carbocycles. The number of carbonyl (C=O) groups excluding carboxylic acids is 2. The molecule has 2 aromatic rings. The van der Waals surface area contributed by atoms with Gasteiger partial charge in [-0.3, -0.25) is 9.59 Å². The lowest BCUT2D eigenvalue weighted by Gasteiger charge is -2.13. The molecule has 6 N–H and O–H groups in total. The molecule has 2 atom stereocenters. The first-order chi connectivity index (χ1) is 14.8.